The highest BCUT2D eigenvalue weighted by molar-refractivity contribution is 5.95. The first-order valence-corrected chi connectivity index (χ1v) is 9.52. The van der Waals surface area contributed by atoms with Gasteiger partial charge >= 0.3 is 6.18 Å². The molecule has 0 aliphatic rings. The number of hydrogen-bond acceptors (Lipinski definition) is 4. The summed E-state index contributed by atoms with van der Waals surface area (Å²) < 4.78 is 48.6. The Bertz CT molecular complexity index is 900. The summed E-state index contributed by atoms with van der Waals surface area (Å²) >= 11 is 0. The highest BCUT2D eigenvalue weighted by Crippen LogP contribution is 2.30. The van der Waals surface area contributed by atoms with E-state index in [1.807, 2.05) is 6.92 Å². The van der Waals surface area contributed by atoms with Crippen molar-refractivity contribution < 1.29 is 27.4 Å². The highest BCUT2D eigenvalue weighted by atomic mass is 19.4. The third-order valence-corrected chi connectivity index (χ3v) is 4.13. The summed E-state index contributed by atoms with van der Waals surface area (Å²) in [6.45, 7) is 2.96. The van der Waals surface area contributed by atoms with Gasteiger partial charge in [-0.05, 0) is 43.3 Å². The second-order valence-electron chi connectivity index (χ2n) is 6.25. The van der Waals surface area contributed by atoms with Crippen molar-refractivity contribution in [3.05, 3.63) is 53.6 Å². The number of halogens is 3. The Morgan fingerprint density at radius 1 is 1.03 bits per heavy atom. The normalized spacial score (nSPS) is 11.6. The molecule has 0 heterocycles. The van der Waals surface area contributed by atoms with Crippen molar-refractivity contribution in [2.45, 2.75) is 13.1 Å². The van der Waals surface area contributed by atoms with E-state index in [1.165, 1.54) is 0 Å². The summed E-state index contributed by atoms with van der Waals surface area (Å²) in [7, 11) is 3.16. The molecule has 0 bridgehead atoms. The molecule has 0 aliphatic carbocycles. The zero-order valence-corrected chi connectivity index (χ0v) is 17.5. The molecule has 7 nitrogen and oxygen atoms in total. The third kappa shape index (κ3) is 7.09. The van der Waals surface area contributed by atoms with Gasteiger partial charge in [0.15, 0.2) is 17.5 Å². The average Bonchev–Trinajstić information content (AvgIpc) is 2.75. The summed E-state index contributed by atoms with van der Waals surface area (Å²) in [5, 5.41) is 8.78. The molecule has 0 saturated carbocycles. The van der Waals surface area contributed by atoms with Crippen molar-refractivity contribution in [1.29, 1.82) is 0 Å². The Morgan fingerprint density at radius 2 is 1.71 bits per heavy atom. The van der Waals surface area contributed by atoms with Gasteiger partial charge in [-0.2, -0.15) is 13.2 Å². The maximum atomic E-state index is 12.6. The molecule has 2 aromatic rings. The van der Waals surface area contributed by atoms with Gasteiger partial charge in [-0.25, -0.2) is 0 Å². The molecule has 0 unspecified atom stereocenters. The van der Waals surface area contributed by atoms with Crippen LogP contribution in [-0.2, 0) is 6.18 Å². The standard InChI is InChI=1S/C21H25F3N4O3/c1-4-31-18-13-16(9-10-17(18)30-3)28-20(25-2)27-12-11-26-19(29)14-5-7-15(8-6-14)21(22,23)24/h5-10,13H,4,11-12H2,1-3H3,(H,26,29)(H2,25,27,28). The fraction of sp³-hybridized carbons (Fsp3) is 0.333. The summed E-state index contributed by atoms with van der Waals surface area (Å²) in [5.74, 6) is 1.21. The van der Waals surface area contributed by atoms with Gasteiger partial charge in [-0.1, -0.05) is 0 Å². The lowest BCUT2D eigenvalue weighted by Crippen LogP contribution is -2.37. The van der Waals surface area contributed by atoms with E-state index < -0.39 is 17.6 Å². The predicted octanol–water partition coefficient (Wildman–Crippen LogP) is 3.53. The van der Waals surface area contributed by atoms with Gasteiger partial charge in [0.2, 0.25) is 0 Å². The maximum absolute atomic E-state index is 12.6. The van der Waals surface area contributed by atoms with Crippen LogP contribution in [0.25, 0.3) is 0 Å². The van der Waals surface area contributed by atoms with Crippen LogP contribution in [0.1, 0.15) is 22.8 Å². The van der Waals surface area contributed by atoms with Crippen LogP contribution in [0, 0.1) is 0 Å². The van der Waals surface area contributed by atoms with E-state index in [0.717, 1.165) is 30.0 Å². The molecule has 10 heteroatoms. The van der Waals surface area contributed by atoms with Crippen LogP contribution >= 0.6 is 0 Å². The molecule has 0 aromatic heterocycles. The fourth-order valence-electron chi connectivity index (χ4n) is 2.61. The molecule has 168 valence electrons. The molecule has 0 radical (unpaired) electrons. The largest absolute Gasteiger partial charge is 0.493 e. The first kappa shape index (κ1) is 23.8. The summed E-state index contributed by atoms with van der Waals surface area (Å²) in [6, 6.07) is 9.40. The van der Waals surface area contributed by atoms with Crippen LogP contribution < -0.4 is 25.4 Å². The van der Waals surface area contributed by atoms with Gasteiger partial charge in [0.05, 0.1) is 19.3 Å². The Hall–Kier alpha value is -3.43. The number of methoxy groups -OCH3 is 1. The zero-order valence-electron chi connectivity index (χ0n) is 17.5. The van der Waals surface area contributed by atoms with Crippen molar-refractivity contribution in [1.82, 2.24) is 10.6 Å². The van der Waals surface area contributed by atoms with Crippen LogP contribution in [-0.4, -0.2) is 45.7 Å². The van der Waals surface area contributed by atoms with Crippen molar-refractivity contribution >= 4 is 17.6 Å². The molecular formula is C21H25F3N4O3. The lowest BCUT2D eigenvalue weighted by molar-refractivity contribution is -0.137. The van der Waals surface area contributed by atoms with E-state index in [-0.39, 0.29) is 12.1 Å². The number of carbonyl (C=O) groups is 1. The van der Waals surface area contributed by atoms with E-state index in [4.69, 9.17) is 9.47 Å². The number of alkyl halides is 3. The number of rotatable bonds is 8. The number of nitrogens with zero attached hydrogens (tertiary/aromatic N) is 1. The first-order chi connectivity index (χ1) is 14.8. The van der Waals surface area contributed by atoms with E-state index in [2.05, 4.69) is 20.9 Å². The van der Waals surface area contributed by atoms with Gasteiger partial charge in [0.25, 0.3) is 5.91 Å². The molecular weight excluding hydrogens is 413 g/mol. The Morgan fingerprint density at radius 3 is 2.29 bits per heavy atom. The molecule has 2 aromatic carbocycles. The predicted molar refractivity (Wildman–Crippen MR) is 113 cm³/mol. The molecule has 3 N–H and O–H groups in total. The van der Waals surface area contributed by atoms with Crippen molar-refractivity contribution in [3.8, 4) is 11.5 Å². The van der Waals surface area contributed by atoms with Crippen LogP contribution in [0.3, 0.4) is 0 Å². The number of hydrogen-bond donors (Lipinski definition) is 3. The Balaban J connectivity index is 1.84. The smallest absolute Gasteiger partial charge is 0.416 e. The van der Waals surface area contributed by atoms with Crippen LogP contribution in [0.4, 0.5) is 18.9 Å². The number of guanidine groups is 1. The molecule has 31 heavy (non-hydrogen) atoms. The van der Waals surface area contributed by atoms with Crippen molar-refractivity contribution in [3.63, 3.8) is 0 Å². The van der Waals surface area contributed by atoms with Gasteiger partial charge in [-0.3, -0.25) is 9.79 Å². The van der Waals surface area contributed by atoms with E-state index in [9.17, 15) is 18.0 Å². The second kappa shape index (κ2) is 11.1. The molecule has 0 saturated heterocycles. The lowest BCUT2D eigenvalue weighted by Gasteiger charge is -2.15. The number of ether oxygens (including phenoxy) is 2. The van der Waals surface area contributed by atoms with Gasteiger partial charge in [0, 0.05) is 37.5 Å². The van der Waals surface area contributed by atoms with E-state index in [0.29, 0.717) is 30.6 Å². The molecule has 1 amide bonds. The van der Waals surface area contributed by atoms with E-state index in [1.54, 1.807) is 32.4 Å². The van der Waals surface area contributed by atoms with Crippen LogP contribution in [0.5, 0.6) is 11.5 Å². The summed E-state index contributed by atoms with van der Waals surface area (Å²) in [4.78, 5) is 16.2. The van der Waals surface area contributed by atoms with Crippen LogP contribution in [0.15, 0.2) is 47.5 Å². The quantitative estimate of drug-likeness (QED) is 0.334. The Labute approximate surface area is 178 Å². The third-order valence-electron chi connectivity index (χ3n) is 4.13. The molecule has 0 spiro atoms. The fourth-order valence-corrected chi connectivity index (χ4v) is 2.61. The second-order valence-corrected chi connectivity index (χ2v) is 6.25. The molecule has 0 aliphatic heterocycles. The number of anilines is 1. The minimum atomic E-state index is -4.44. The van der Waals surface area contributed by atoms with Crippen molar-refractivity contribution in [2.24, 2.45) is 4.99 Å². The lowest BCUT2D eigenvalue weighted by atomic mass is 10.1. The SMILES string of the molecule is CCOc1cc(NC(=NC)NCCNC(=O)c2ccc(C(F)(F)F)cc2)ccc1OC. The highest BCUT2D eigenvalue weighted by Gasteiger charge is 2.30. The number of benzene rings is 2. The minimum Gasteiger partial charge on any atom is -0.493 e. The topological polar surface area (TPSA) is 84.0 Å². The van der Waals surface area contributed by atoms with Gasteiger partial charge in [0.1, 0.15) is 0 Å². The first-order valence-electron chi connectivity index (χ1n) is 9.52. The number of carbonyl (C=O) groups excluding carboxylic acids is 1. The van der Waals surface area contributed by atoms with Gasteiger partial charge < -0.3 is 25.4 Å². The maximum Gasteiger partial charge on any atom is 0.416 e. The molecule has 0 fully saturated rings. The summed E-state index contributed by atoms with van der Waals surface area (Å²) in [5.41, 5.74) is 0.0787. The monoisotopic (exact) mass is 438 g/mol. The van der Waals surface area contributed by atoms with Gasteiger partial charge in [-0.15, -0.1) is 0 Å². The average molecular weight is 438 g/mol. The zero-order chi connectivity index (χ0) is 22.9. The number of nitrogens with one attached hydrogen (secondary N) is 3. The number of aliphatic imine (C=N–C) groups is 1. The van der Waals surface area contributed by atoms with E-state index >= 15 is 0 Å². The molecule has 2 rings (SSSR count). The summed E-state index contributed by atoms with van der Waals surface area (Å²) in [6.07, 6.45) is -4.44. The minimum absolute atomic E-state index is 0.150. The number of amides is 1. The Kier molecular flexibility index (Phi) is 8.53. The van der Waals surface area contributed by atoms with Crippen LogP contribution in [0.2, 0.25) is 0 Å². The van der Waals surface area contributed by atoms with Crippen molar-refractivity contribution in [2.75, 3.05) is 39.2 Å². The molecule has 0 atom stereocenters.